The van der Waals surface area contributed by atoms with E-state index in [1.165, 1.54) is 34.1 Å². The Morgan fingerprint density at radius 2 is 1.71 bits per heavy atom. The molecule has 1 aliphatic rings. The van der Waals surface area contributed by atoms with Gasteiger partial charge in [-0.05, 0) is 36.8 Å². The highest BCUT2D eigenvalue weighted by atomic mass is 32.2. The monoisotopic (exact) mass is 348 g/mol. The highest BCUT2D eigenvalue weighted by Crippen LogP contribution is 2.22. The van der Waals surface area contributed by atoms with Gasteiger partial charge in [0.1, 0.15) is 5.82 Å². The summed E-state index contributed by atoms with van der Waals surface area (Å²) in [6.45, 7) is 4.52. The second-order valence-corrected chi connectivity index (χ2v) is 8.03. The van der Waals surface area contributed by atoms with Gasteiger partial charge in [0.25, 0.3) is 0 Å². The SMILES string of the molecule is C[C@H]1CN(Cc2ccccc2)CCN1S(=O)(=O)c1ccc(F)cc1. The first-order chi connectivity index (χ1) is 11.5. The fourth-order valence-electron chi connectivity index (χ4n) is 3.10. The van der Waals surface area contributed by atoms with Crippen LogP contribution in [0.2, 0.25) is 0 Å². The number of halogens is 1. The molecule has 0 saturated carbocycles. The average molecular weight is 348 g/mol. The molecule has 0 radical (unpaired) electrons. The minimum absolute atomic E-state index is 0.127. The third-order valence-electron chi connectivity index (χ3n) is 4.32. The molecule has 0 bridgehead atoms. The van der Waals surface area contributed by atoms with Gasteiger partial charge in [0.15, 0.2) is 0 Å². The molecule has 4 nitrogen and oxygen atoms in total. The van der Waals surface area contributed by atoms with E-state index in [-0.39, 0.29) is 10.9 Å². The second-order valence-electron chi connectivity index (χ2n) is 6.14. The Hall–Kier alpha value is -1.76. The van der Waals surface area contributed by atoms with Gasteiger partial charge in [-0.15, -0.1) is 0 Å². The summed E-state index contributed by atoms with van der Waals surface area (Å²) in [6, 6.07) is 15.0. The van der Waals surface area contributed by atoms with Crippen molar-refractivity contribution in [3.63, 3.8) is 0 Å². The molecular weight excluding hydrogens is 327 g/mol. The van der Waals surface area contributed by atoms with Crippen molar-refractivity contribution in [3.05, 3.63) is 66.0 Å². The van der Waals surface area contributed by atoms with Crippen LogP contribution < -0.4 is 0 Å². The van der Waals surface area contributed by atoms with Crippen LogP contribution in [0.4, 0.5) is 4.39 Å². The lowest BCUT2D eigenvalue weighted by Crippen LogP contribution is -2.53. The van der Waals surface area contributed by atoms with Crippen LogP contribution in [0.1, 0.15) is 12.5 Å². The zero-order valence-electron chi connectivity index (χ0n) is 13.6. The zero-order valence-corrected chi connectivity index (χ0v) is 14.4. The zero-order chi connectivity index (χ0) is 17.2. The van der Waals surface area contributed by atoms with Gasteiger partial charge in [-0.25, -0.2) is 12.8 Å². The Morgan fingerprint density at radius 1 is 1.04 bits per heavy atom. The van der Waals surface area contributed by atoms with E-state index in [9.17, 15) is 12.8 Å². The van der Waals surface area contributed by atoms with E-state index in [1.807, 2.05) is 25.1 Å². The molecule has 1 heterocycles. The molecule has 1 saturated heterocycles. The Morgan fingerprint density at radius 3 is 2.33 bits per heavy atom. The summed E-state index contributed by atoms with van der Waals surface area (Å²) < 4.78 is 40.1. The summed E-state index contributed by atoms with van der Waals surface area (Å²) in [5, 5.41) is 0. The van der Waals surface area contributed by atoms with Crippen molar-refractivity contribution < 1.29 is 12.8 Å². The van der Waals surface area contributed by atoms with E-state index in [0.29, 0.717) is 19.6 Å². The minimum atomic E-state index is -3.58. The van der Waals surface area contributed by atoms with E-state index >= 15 is 0 Å². The molecule has 0 aromatic heterocycles. The number of piperazine rings is 1. The lowest BCUT2D eigenvalue weighted by atomic mass is 10.1. The maximum Gasteiger partial charge on any atom is 0.243 e. The maximum atomic E-state index is 13.0. The van der Waals surface area contributed by atoms with Crippen LogP contribution in [0, 0.1) is 5.82 Å². The fraction of sp³-hybridized carbons (Fsp3) is 0.333. The van der Waals surface area contributed by atoms with Crippen LogP contribution in [0.3, 0.4) is 0 Å². The van der Waals surface area contributed by atoms with Gasteiger partial charge >= 0.3 is 0 Å². The van der Waals surface area contributed by atoms with Gasteiger partial charge in [0.05, 0.1) is 4.90 Å². The second kappa shape index (κ2) is 7.01. The molecule has 3 rings (SSSR count). The Bertz CT molecular complexity index is 778. The number of benzene rings is 2. The van der Waals surface area contributed by atoms with Gasteiger partial charge < -0.3 is 0 Å². The molecular formula is C18H21FN2O2S. The molecule has 1 aliphatic heterocycles. The van der Waals surface area contributed by atoms with E-state index in [0.717, 1.165) is 6.54 Å². The average Bonchev–Trinajstić information content (AvgIpc) is 2.56. The van der Waals surface area contributed by atoms with Crippen molar-refractivity contribution in [2.24, 2.45) is 0 Å². The number of sulfonamides is 1. The maximum absolute atomic E-state index is 13.0. The molecule has 1 atom stereocenters. The van der Waals surface area contributed by atoms with Crippen molar-refractivity contribution in [1.29, 1.82) is 0 Å². The minimum Gasteiger partial charge on any atom is -0.296 e. The third-order valence-corrected chi connectivity index (χ3v) is 6.35. The van der Waals surface area contributed by atoms with Crippen molar-refractivity contribution >= 4 is 10.0 Å². The largest absolute Gasteiger partial charge is 0.296 e. The van der Waals surface area contributed by atoms with Gasteiger partial charge in [0, 0.05) is 32.2 Å². The molecule has 0 amide bonds. The normalized spacial score (nSPS) is 20.2. The molecule has 1 fully saturated rings. The fourth-order valence-corrected chi connectivity index (χ4v) is 4.71. The summed E-state index contributed by atoms with van der Waals surface area (Å²) in [5.41, 5.74) is 1.22. The smallest absolute Gasteiger partial charge is 0.243 e. The van der Waals surface area contributed by atoms with Gasteiger partial charge in [0.2, 0.25) is 10.0 Å². The molecule has 2 aromatic carbocycles. The van der Waals surface area contributed by atoms with E-state index < -0.39 is 15.8 Å². The lowest BCUT2D eigenvalue weighted by Gasteiger charge is -2.39. The summed E-state index contributed by atoms with van der Waals surface area (Å²) in [5.74, 6) is -0.435. The Balaban J connectivity index is 1.70. The van der Waals surface area contributed by atoms with Crippen molar-refractivity contribution in [2.75, 3.05) is 19.6 Å². The Kier molecular flexibility index (Phi) is 4.99. The summed E-state index contributed by atoms with van der Waals surface area (Å²) >= 11 is 0. The van der Waals surface area contributed by atoms with E-state index in [1.54, 1.807) is 0 Å². The summed E-state index contributed by atoms with van der Waals surface area (Å²) in [7, 11) is -3.58. The van der Waals surface area contributed by atoms with Crippen LogP contribution in [0.25, 0.3) is 0 Å². The molecule has 2 aromatic rings. The number of rotatable bonds is 4. The topological polar surface area (TPSA) is 40.6 Å². The summed E-state index contributed by atoms with van der Waals surface area (Å²) in [6.07, 6.45) is 0. The van der Waals surface area contributed by atoms with Crippen molar-refractivity contribution in [3.8, 4) is 0 Å². The number of hydrogen-bond acceptors (Lipinski definition) is 3. The Labute approximate surface area is 142 Å². The third kappa shape index (κ3) is 3.66. The molecule has 0 spiro atoms. The van der Waals surface area contributed by atoms with Crippen molar-refractivity contribution in [1.82, 2.24) is 9.21 Å². The number of hydrogen-bond donors (Lipinski definition) is 0. The van der Waals surface area contributed by atoms with E-state index in [2.05, 4.69) is 17.0 Å². The molecule has 6 heteroatoms. The molecule has 0 unspecified atom stereocenters. The molecule has 128 valence electrons. The first-order valence-electron chi connectivity index (χ1n) is 8.00. The van der Waals surface area contributed by atoms with Crippen LogP contribution in [0.15, 0.2) is 59.5 Å². The first kappa shape index (κ1) is 17.1. The first-order valence-corrected chi connectivity index (χ1v) is 9.44. The predicted molar refractivity (Wildman–Crippen MR) is 91.5 cm³/mol. The molecule has 0 N–H and O–H groups in total. The van der Waals surface area contributed by atoms with Crippen molar-refractivity contribution in [2.45, 2.75) is 24.4 Å². The standard InChI is InChI=1S/C18H21FN2O2S/c1-15-13-20(14-16-5-3-2-4-6-16)11-12-21(15)24(22,23)18-9-7-17(19)8-10-18/h2-10,15H,11-14H2,1H3/t15-/m0/s1. The van der Waals surface area contributed by atoms with Gasteiger partial charge in [-0.3, -0.25) is 4.90 Å². The highest BCUT2D eigenvalue weighted by Gasteiger charge is 2.33. The van der Waals surface area contributed by atoms with Crippen LogP contribution >= 0.6 is 0 Å². The summed E-state index contributed by atoms with van der Waals surface area (Å²) in [4.78, 5) is 2.41. The number of nitrogens with zero attached hydrogens (tertiary/aromatic N) is 2. The van der Waals surface area contributed by atoms with Gasteiger partial charge in [-0.1, -0.05) is 30.3 Å². The molecule has 24 heavy (non-hydrogen) atoms. The quantitative estimate of drug-likeness (QED) is 0.853. The lowest BCUT2D eigenvalue weighted by molar-refractivity contribution is 0.138. The molecule has 0 aliphatic carbocycles. The van der Waals surface area contributed by atoms with Crippen LogP contribution in [0.5, 0.6) is 0 Å². The highest BCUT2D eigenvalue weighted by molar-refractivity contribution is 7.89. The van der Waals surface area contributed by atoms with Crippen LogP contribution in [-0.4, -0.2) is 43.3 Å². The van der Waals surface area contributed by atoms with Gasteiger partial charge in [-0.2, -0.15) is 4.31 Å². The predicted octanol–water partition coefficient (Wildman–Crippen LogP) is 2.72. The van der Waals surface area contributed by atoms with E-state index in [4.69, 9.17) is 0 Å². The van der Waals surface area contributed by atoms with Crippen LogP contribution in [-0.2, 0) is 16.6 Å².